The monoisotopic (exact) mass is 283 g/mol. The third-order valence-corrected chi connectivity index (χ3v) is 2.17. The molecule has 0 aliphatic rings. The first kappa shape index (κ1) is 15.0. The topological polar surface area (TPSA) is 149 Å². The van der Waals surface area contributed by atoms with E-state index in [0.29, 0.717) is 17.3 Å². The van der Waals surface area contributed by atoms with Crippen LogP contribution in [0.5, 0.6) is 11.5 Å². The second kappa shape index (κ2) is 6.78. The highest BCUT2D eigenvalue weighted by atomic mass is 16.9. The summed E-state index contributed by atoms with van der Waals surface area (Å²) in [6.07, 6.45) is 0. The highest BCUT2D eigenvalue weighted by Crippen LogP contribution is 2.31. The predicted octanol–water partition coefficient (Wildman–Crippen LogP) is 0.723. The number of hydrogen-bond donors (Lipinski definition) is 3. The van der Waals surface area contributed by atoms with E-state index in [-0.39, 0.29) is 5.95 Å². The van der Waals surface area contributed by atoms with Gasteiger partial charge in [-0.05, 0) is 12.1 Å². The number of aromatic nitrogens is 3. The molecule has 0 bridgehead atoms. The summed E-state index contributed by atoms with van der Waals surface area (Å²) in [5, 5.41) is 20.1. The molecule has 0 radical (unpaired) electrons. The molecule has 1 aromatic heterocycles. The van der Waals surface area contributed by atoms with Crippen LogP contribution >= 0.6 is 0 Å². The summed E-state index contributed by atoms with van der Waals surface area (Å²) < 4.78 is 10.3. The lowest BCUT2D eigenvalue weighted by Crippen LogP contribution is -1.91. The third-order valence-electron chi connectivity index (χ3n) is 2.17. The van der Waals surface area contributed by atoms with E-state index in [9.17, 15) is 0 Å². The van der Waals surface area contributed by atoms with Crippen molar-refractivity contribution >= 4 is 5.95 Å². The van der Waals surface area contributed by atoms with Crippen molar-refractivity contribution in [2.45, 2.75) is 0 Å². The number of anilines is 1. The van der Waals surface area contributed by atoms with E-state index in [1.807, 2.05) is 12.1 Å². The summed E-state index contributed by atoms with van der Waals surface area (Å²) in [6.45, 7) is 0. The van der Waals surface area contributed by atoms with E-state index in [1.165, 1.54) is 0 Å². The van der Waals surface area contributed by atoms with Crippen molar-refractivity contribution in [2.75, 3.05) is 20.0 Å². The van der Waals surface area contributed by atoms with Gasteiger partial charge in [0.25, 0.3) is 5.09 Å². The molecule has 10 nitrogen and oxygen atoms in total. The predicted molar refractivity (Wildman–Crippen MR) is 68.1 cm³/mol. The van der Waals surface area contributed by atoms with Crippen molar-refractivity contribution in [3.05, 3.63) is 28.3 Å². The van der Waals surface area contributed by atoms with Gasteiger partial charge in [-0.2, -0.15) is 4.98 Å². The van der Waals surface area contributed by atoms with Crippen LogP contribution in [0.3, 0.4) is 0 Å². The largest absolute Gasteiger partial charge is 0.497 e. The molecule has 20 heavy (non-hydrogen) atoms. The molecule has 0 fully saturated rings. The SMILES string of the molecule is COc1ccc(-c2nc(N)n[nH]2)c(OC)c1.O=[N+]([O-])O. The minimum atomic E-state index is -1.50. The number of hydrogen-bond acceptors (Lipinski definition) is 7. The van der Waals surface area contributed by atoms with Gasteiger partial charge in [-0.25, -0.2) is 0 Å². The second-order valence-electron chi connectivity index (χ2n) is 3.35. The van der Waals surface area contributed by atoms with Crippen molar-refractivity contribution < 1.29 is 19.8 Å². The van der Waals surface area contributed by atoms with E-state index >= 15 is 0 Å². The average molecular weight is 283 g/mol. The second-order valence-corrected chi connectivity index (χ2v) is 3.35. The molecular formula is C10H13N5O5. The zero-order chi connectivity index (χ0) is 15.1. The molecule has 4 N–H and O–H groups in total. The lowest BCUT2D eigenvalue weighted by atomic mass is 10.2. The Morgan fingerprint density at radius 3 is 2.50 bits per heavy atom. The van der Waals surface area contributed by atoms with Crippen molar-refractivity contribution in [2.24, 2.45) is 0 Å². The number of nitrogens with zero attached hydrogens (tertiary/aromatic N) is 3. The maximum Gasteiger partial charge on any atom is 0.291 e. The first-order valence-corrected chi connectivity index (χ1v) is 5.21. The summed E-state index contributed by atoms with van der Waals surface area (Å²) in [5.74, 6) is 2.13. The maximum atomic E-state index is 8.36. The number of methoxy groups -OCH3 is 2. The zero-order valence-electron chi connectivity index (χ0n) is 10.7. The van der Waals surface area contributed by atoms with Crippen LogP contribution in [0.15, 0.2) is 18.2 Å². The molecule has 0 aliphatic carbocycles. The Morgan fingerprint density at radius 1 is 1.40 bits per heavy atom. The number of nitrogens with two attached hydrogens (primary N) is 1. The van der Waals surface area contributed by atoms with Gasteiger partial charge < -0.3 is 20.4 Å². The molecule has 0 unspecified atom stereocenters. The summed E-state index contributed by atoms with van der Waals surface area (Å²) in [4.78, 5) is 12.4. The normalized spacial score (nSPS) is 9.30. The van der Waals surface area contributed by atoms with Gasteiger partial charge >= 0.3 is 0 Å². The molecule has 1 aromatic carbocycles. The van der Waals surface area contributed by atoms with Crippen molar-refractivity contribution in [1.82, 2.24) is 15.2 Å². The van der Waals surface area contributed by atoms with Crippen LogP contribution in [0.4, 0.5) is 5.95 Å². The first-order valence-electron chi connectivity index (χ1n) is 5.21. The highest BCUT2D eigenvalue weighted by Gasteiger charge is 2.10. The zero-order valence-corrected chi connectivity index (χ0v) is 10.7. The number of rotatable bonds is 3. The Bertz CT molecular complexity index is 581. The molecule has 2 aromatic rings. The summed E-state index contributed by atoms with van der Waals surface area (Å²) in [5.41, 5.74) is 6.23. The van der Waals surface area contributed by atoms with E-state index < -0.39 is 5.09 Å². The molecule has 10 heteroatoms. The van der Waals surface area contributed by atoms with Crippen LogP contribution in [-0.2, 0) is 0 Å². The third kappa shape index (κ3) is 4.01. The molecule has 0 aliphatic heterocycles. The smallest absolute Gasteiger partial charge is 0.291 e. The minimum absolute atomic E-state index is 0.202. The van der Waals surface area contributed by atoms with Gasteiger partial charge in [-0.3, -0.25) is 5.10 Å². The molecule has 0 saturated heterocycles. The lowest BCUT2D eigenvalue weighted by molar-refractivity contribution is -0.742. The fraction of sp³-hybridized carbons (Fsp3) is 0.200. The van der Waals surface area contributed by atoms with Gasteiger partial charge in [0.15, 0.2) is 5.82 Å². The molecule has 0 spiro atoms. The Labute approximate surface area is 113 Å². The fourth-order valence-corrected chi connectivity index (χ4v) is 1.39. The number of nitrogens with one attached hydrogen (secondary N) is 1. The number of aromatic amines is 1. The molecule has 0 atom stereocenters. The van der Waals surface area contributed by atoms with Gasteiger partial charge in [0.05, 0.1) is 19.8 Å². The van der Waals surface area contributed by atoms with Crippen molar-refractivity contribution in [1.29, 1.82) is 0 Å². The van der Waals surface area contributed by atoms with Gasteiger partial charge in [0.1, 0.15) is 11.5 Å². The Kier molecular flexibility index (Phi) is 5.09. The first-order chi connectivity index (χ1) is 9.47. The Morgan fingerprint density at radius 2 is 2.05 bits per heavy atom. The van der Waals surface area contributed by atoms with Crippen molar-refractivity contribution in [3.8, 4) is 22.9 Å². The van der Waals surface area contributed by atoms with Crippen molar-refractivity contribution in [3.63, 3.8) is 0 Å². The number of benzene rings is 1. The quantitative estimate of drug-likeness (QED) is 0.551. The molecule has 0 saturated carbocycles. The molecule has 108 valence electrons. The average Bonchev–Trinajstić information content (AvgIpc) is 2.83. The van der Waals surface area contributed by atoms with Crippen LogP contribution in [0.25, 0.3) is 11.4 Å². The van der Waals surface area contributed by atoms with E-state index in [4.69, 9.17) is 30.5 Å². The van der Waals surface area contributed by atoms with Gasteiger partial charge in [-0.15, -0.1) is 15.2 Å². The van der Waals surface area contributed by atoms with Crippen LogP contribution < -0.4 is 15.2 Å². The molecule has 2 rings (SSSR count). The van der Waals surface area contributed by atoms with Gasteiger partial charge in [0, 0.05) is 6.07 Å². The maximum absolute atomic E-state index is 8.36. The molecule has 1 heterocycles. The number of ether oxygens (including phenoxy) is 2. The lowest BCUT2D eigenvalue weighted by Gasteiger charge is -2.07. The standard InChI is InChI=1S/C10H12N4O2.HNO3/c1-15-6-3-4-7(8(5-6)16-2)9-12-10(11)14-13-9;2-1(3)4/h3-5H,1-2H3,(H3,11,12,13,14);(H,2,3,4). The minimum Gasteiger partial charge on any atom is -0.497 e. The van der Waals surface area contributed by atoms with E-state index in [1.54, 1.807) is 20.3 Å². The summed E-state index contributed by atoms with van der Waals surface area (Å²) in [7, 11) is 3.18. The summed E-state index contributed by atoms with van der Waals surface area (Å²) in [6, 6.07) is 5.42. The Balaban J connectivity index is 0.000000444. The van der Waals surface area contributed by atoms with Gasteiger partial charge in [-0.1, -0.05) is 0 Å². The van der Waals surface area contributed by atoms with Gasteiger partial charge in [0.2, 0.25) is 5.95 Å². The molecular weight excluding hydrogens is 270 g/mol. The van der Waals surface area contributed by atoms with E-state index in [0.717, 1.165) is 5.56 Å². The summed E-state index contributed by atoms with van der Waals surface area (Å²) >= 11 is 0. The van der Waals surface area contributed by atoms with Crippen LogP contribution in [0.1, 0.15) is 0 Å². The highest BCUT2D eigenvalue weighted by molar-refractivity contribution is 5.66. The Hall–Kier alpha value is -3.04. The number of H-pyrrole nitrogens is 1. The fourth-order valence-electron chi connectivity index (χ4n) is 1.39. The number of nitrogen functional groups attached to an aromatic ring is 1. The van der Waals surface area contributed by atoms with Crippen LogP contribution in [-0.4, -0.2) is 39.7 Å². The van der Waals surface area contributed by atoms with Crippen LogP contribution in [0, 0.1) is 10.1 Å². The van der Waals surface area contributed by atoms with E-state index in [2.05, 4.69) is 15.2 Å². The van der Waals surface area contributed by atoms with Crippen LogP contribution in [0.2, 0.25) is 0 Å². The molecule has 0 amide bonds.